The lowest BCUT2D eigenvalue weighted by molar-refractivity contribution is 0.394. The Morgan fingerprint density at radius 3 is 2.17 bits per heavy atom. The number of allylic oxidation sites excluding steroid dienone is 4. The Kier molecular flexibility index (Phi) is 4.96. The molecule has 2 aliphatic carbocycles. The third kappa shape index (κ3) is 3.35. The SMILES string of the molecule is CC1(C)c2cccc(-c3nc(-c4ccccc4)nc(-c4cccc5c4oc4ccccc45)n3)c2C2C=CC=CC21. The summed E-state index contributed by atoms with van der Waals surface area (Å²) in [6.07, 6.45) is 9.03. The Morgan fingerprint density at radius 1 is 0.625 bits per heavy atom. The first-order valence-corrected chi connectivity index (χ1v) is 13.8. The summed E-state index contributed by atoms with van der Waals surface area (Å²) in [5.41, 5.74) is 7.21. The summed E-state index contributed by atoms with van der Waals surface area (Å²) in [5.74, 6) is 2.63. The fourth-order valence-corrected chi connectivity index (χ4v) is 6.69. The number of nitrogens with zero attached hydrogens (tertiary/aromatic N) is 3. The lowest BCUT2D eigenvalue weighted by Crippen LogP contribution is -2.24. The van der Waals surface area contributed by atoms with Crippen molar-refractivity contribution in [2.45, 2.75) is 25.2 Å². The monoisotopic (exact) mass is 517 g/mol. The molecule has 0 N–H and O–H groups in total. The third-order valence-corrected chi connectivity index (χ3v) is 8.66. The van der Waals surface area contributed by atoms with E-state index in [4.69, 9.17) is 19.4 Å². The molecule has 0 aliphatic heterocycles. The van der Waals surface area contributed by atoms with Gasteiger partial charge in [-0.3, -0.25) is 0 Å². The van der Waals surface area contributed by atoms with Gasteiger partial charge in [0.15, 0.2) is 17.5 Å². The van der Waals surface area contributed by atoms with Gasteiger partial charge in [0.1, 0.15) is 11.2 Å². The minimum Gasteiger partial charge on any atom is -0.455 e. The van der Waals surface area contributed by atoms with Gasteiger partial charge in [0.25, 0.3) is 0 Å². The number of rotatable bonds is 3. The summed E-state index contributed by atoms with van der Waals surface area (Å²) in [4.78, 5) is 15.3. The molecule has 8 rings (SSSR count). The summed E-state index contributed by atoms with van der Waals surface area (Å²) >= 11 is 0. The predicted molar refractivity (Wildman–Crippen MR) is 161 cm³/mol. The average Bonchev–Trinajstić information content (AvgIpc) is 3.50. The van der Waals surface area contributed by atoms with Crippen LogP contribution in [0.1, 0.15) is 30.9 Å². The van der Waals surface area contributed by atoms with Crippen molar-refractivity contribution in [3.05, 3.63) is 126 Å². The lowest BCUT2D eigenvalue weighted by Gasteiger charge is -2.29. The maximum Gasteiger partial charge on any atom is 0.167 e. The smallest absolute Gasteiger partial charge is 0.167 e. The van der Waals surface area contributed by atoms with Crippen molar-refractivity contribution >= 4 is 21.9 Å². The van der Waals surface area contributed by atoms with E-state index in [2.05, 4.69) is 74.5 Å². The molecule has 40 heavy (non-hydrogen) atoms. The van der Waals surface area contributed by atoms with E-state index in [9.17, 15) is 0 Å². The Bertz CT molecular complexity index is 2000. The molecule has 4 nitrogen and oxygen atoms in total. The quantitative estimate of drug-likeness (QED) is 0.235. The van der Waals surface area contributed by atoms with Gasteiger partial charge in [0.2, 0.25) is 0 Å². The van der Waals surface area contributed by atoms with E-state index in [1.165, 1.54) is 11.1 Å². The van der Waals surface area contributed by atoms with Crippen LogP contribution >= 0.6 is 0 Å². The van der Waals surface area contributed by atoms with Gasteiger partial charge in [-0.15, -0.1) is 0 Å². The van der Waals surface area contributed by atoms with Crippen molar-refractivity contribution in [1.82, 2.24) is 15.0 Å². The molecular formula is C36H27N3O. The number of hydrogen-bond acceptors (Lipinski definition) is 4. The van der Waals surface area contributed by atoms with Crippen LogP contribution in [0.25, 0.3) is 56.1 Å². The van der Waals surface area contributed by atoms with Crippen molar-refractivity contribution in [2.24, 2.45) is 5.92 Å². The minimum atomic E-state index is 0.00919. The van der Waals surface area contributed by atoms with Gasteiger partial charge in [-0.05, 0) is 34.6 Å². The van der Waals surface area contributed by atoms with Gasteiger partial charge >= 0.3 is 0 Å². The van der Waals surface area contributed by atoms with Crippen molar-refractivity contribution < 1.29 is 4.42 Å². The summed E-state index contributed by atoms with van der Waals surface area (Å²) in [6, 6.07) is 31.1. The summed E-state index contributed by atoms with van der Waals surface area (Å²) in [5, 5.41) is 2.14. The number of hydrogen-bond donors (Lipinski definition) is 0. The molecule has 0 saturated carbocycles. The Hall–Kier alpha value is -4.83. The van der Waals surface area contributed by atoms with E-state index < -0.39 is 0 Å². The van der Waals surface area contributed by atoms with E-state index in [0.29, 0.717) is 23.4 Å². The van der Waals surface area contributed by atoms with Crippen molar-refractivity contribution in [2.75, 3.05) is 0 Å². The molecule has 2 heterocycles. The number of aromatic nitrogens is 3. The van der Waals surface area contributed by atoms with Gasteiger partial charge in [-0.25, -0.2) is 15.0 Å². The van der Waals surface area contributed by atoms with Crippen LogP contribution in [0.2, 0.25) is 0 Å². The van der Waals surface area contributed by atoms with E-state index in [1.54, 1.807) is 0 Å². The van der Waals surface area contributed by atoms with Gasteiger partial charge in [0.05, 0.1) is 5.56 Å². The predicted octanol–water partition coefficient (Wildman–Crippen LogP) is 8.89. The van der Waals surface area contributed by atoms with E-state index in [-0.39, 0.29) is 11.3 Å². The number of para-hydroxylation sites is 2. The van der Waals surface area contributed by atoms with Crippen molar-refractivity contribution in [3.8, 4) is 34.2 Å². The van der Waals surface area contributed by atoms with Gasteiger partial charge in [-0.1, -0.05) is 117 Å². The van der Waals surface area contributed by atoms with Crippen LogP contribution in [0.15, 0.2) is 120 Å². The minimum absolute atomic E-state index is 0.00919. The molecule has 0 spiro atoms. The van der Waals surface area contributed by atoms with Crippen LogP contribution in [0.4, 0.5) is 0 Å². The number of furan rings is 1. The highest BCUT2D eigenvalue weighted by Gasteiger charge is 2.45. The molecule has 0 saturated heterocycles. The molecule has 2 unspecified atom stereocenters. The second-order valence-corrected chi connectivity index (χ2v) is 11.3. The van der Waals surface area contributed by atoms with Crippen LogP contribution in [0, 0.1) is 5.92 Å². The standard InChI is InChI=1S/C36H27N3O/c1-36(2)28-19-8-6-15-25(28)31-26(17-11-20-29(31)36)34-37-33(22-12-4-3-5-13-22)38-35(39-34)27-18-10-16-24-23-14-7-9-21-30(23)40-32(24)27/h3-21,25,28H,1-2H3. The molecular weight excluding hydrogens is 490 g/mol. The zero-order valence-electron chi connectivity index (χ0n) is 22.4. The van der Waals surface area contributed by atoms with Crippen LogP contribution < -0.4 is 0 Å². The molecule has 0 amide bonds. The zero-order valence-corrected chi connectivity index (χ0v) is 22.4. The highest BCUT2D eigenvalue weighted by molar-refractivity contribution is 6.09. The van der Waals surface area contributed by atoms with E-state index in [1.807, 2.05) is 54.6 Å². The highest BCUT2D eigenvalue weighted by atomic mass is 16.3. The third-order valence-electron chi connectivity index (χ3n) is 8.66. The maximum absolute atomic E-state index is 6.38. The first kappa shape index (κ1) is 23.1. The molecule has 6 aromatic rings. The molecule has 2 aromatic heterocycles. The molecule has 2 aliphatic rings. The van der Waals surface area contributed by atoms with E-state index in [0.717, 1.165) is 38.6 Å². The Morgan fingerprint density at radius 2 is 1.30 bits per heavy atom. The lowest BCUT2D eigenvalue weighted by atomic mass is 9.74. The van der Waals surface area contributed by atoms with Crippen LogP contribution in [-0.4, -0.2) is 15.0 Å². The first-order valence-electron chi connectivity index (χ1n) is 13.8. The maximum atomic E-state index is 6.38. The number of fused-ring (bicyclic) bond motifs is 6. The Labute approximate surface area is 232 Å². The fraction of sp³-hybridized carbons (Fsp3) is 0.139. The summed E-state index contributed by atoms with van der Waals surface area (Å²) in [6.45, 7) is 4.70. The zero-order chi connectivity index (χ0) is 26.8. The fourth-order valence-electron chi connectivity index (χ4n) is 6.69. The molecule has 4 heteroatoms. The largest absolute Gasteiger partial charge is 0.455 e. The molecule has 2 atom stereocenters. The van der Waals surface area contributed by atoms with E-state index >= 15 is 0 Å². The molecule has 0 radical (unpaired) electrons. The second kappa shape index (κ2) is 8.59. The van der Waals surface area contributed by atoms with Crippen molar-refractivity contribution in [1.29, 1.82) is 0 Å². The van der Waals surface area contributed by atoms with Crippen molar-refractivity contribution in [3.63, 3.8) is 0 Å². The molecule has 4 aromatic carbocycles. The van der Waals surface area contributed by atoms with Crippen LogP contribution in [0.3, 0.4) is 0 Å². The average molecular weight is 518 g/mol. The summed E-state index contributed by atoms with van der Waals surface area (Å²) < 4.78 is 6.38. The number of benzene rings is 4. The van der Waals surface area contributed by atoms with Gasteiger partial charge in [-0.2, -0.15) is 0 Å². The van der Waals surface area contributed by atoms with Gasteiger partial charge in [0, 0.05) is 27.8 Å². The van der Waals surface area contributed by atoms with Crippen LogP contribution in [-0.2, 0) is 5.41 Å². The Balaban J connectivity index is 1.40. The van der Waals surface area contributed by atoms with Gasteiger partial charge < -0.3 is 4.42 Å². The highest BCUT2D eigenvalue weighted by Crippen LogP contribution is 2.55. The molecule has 192 valence electrons. The topological polar surface area (TPSA) is 51.8 Å². The molecule has 0 fully saturated rings. The molecule has 0 bridgehead atoms. The van der Waals surface area contributed by atoms with Crippen LogP contribution in [0.5, 0.6) is 0 Å². The normalized spacial score (nSPS) is 18.8. The second-order valence-electron chi connectivity index (χ2n) is 11.3. The first-order chi connectivity index (χ1) is 19.6. The summed E-state index contributed by atoms with van der Waals surface area (Å²) in [7, 11) is 0.